The standard InChI is InChI=1S/C15H14ClFN2O2/c16-11-5-3-6-12(17)10(11)8-14-18-15(21-19-14)9-4-1-2-7-13(9)20/h3,5-6,9H,1-2,4,7-8H2. The van der Waals surface area contributed by atoms with Crippen molar-refractivity contribution in [2.24, 2.45) is 0 Å². The molecule has 0 bridgehead atoms. The Balaban J connectivity index is 1.80. The van der Waals surface area contributed by atoms with Gasteiger partial charge in [-0.15, -0.1) is 0 Å². The summed E-state index contributed by atoms with van der Waals surface area (Å²) in [6.07, 6.45) is 3.34. The third-order valence-corrected chi connectivity index (χ3v) is 4.09. The third-order valence-electron chi connectivity index (χ3n) is 3.73. The van der Waals surface area contributed by atoms with Gasteiger partial charge >= 0.3 is 0 Å². The highest BCUT2D eigenvalue weighted by atomic mass is 35.5. The van der Waals surface area contributed by atoms with E-state index in [0.29, 0.717) is 28.7 Å². The summed E-state index contributed by atoms with van der Waals surface area (Å²) >= 11 is 5.98. The minimum atomic E-state index is -0.400. The number of rotatable bonds is 3. The first-order chi connectivity index (χ1) is 10.1. The van der Waals surface area contributed by atoms with E-state index in [1.807, 2.05) is 0 Å². The van der Waals surface area contributed by atoms with Gasteiger partial charge in [0, 0.05) is 23.4 Å². The highest BCUT2D eigenvalue weighted by Gasteiger charge is 2.29. The molecular weight excluding hydrogens is 295 g/mol. The zero-order valence-electron chi connectivity index (χ0n) is 11.3. The fraction of sp³-hybridized carbons (Fsp3) is 0.400. The van der Waals surface area contributed by atoms with Crippen molar-refractivity contribution in [3.05, 3.63) is 46.3 Å². The van der Waals surface area contributed by atoms with E-state index in [-0.39, 0.29) is 18.1 Å². The molecule has 0 radical (unpaired) electrons. The van der Waals surface area contributed by atoms with Crippen molar-refractivity contribution in [1.82, 2.24) is 10.1 Å². The molecule has 1 heterocycles. The average molecular weight is 309 g/mol. The predicted octanol–water partition coefficient (Wildman–Crippen LogP) is 3.68. The summed E-state index contributed by atoms with van der Waals surface area (Å²) in [5.74, 6) is 0.108. The van der Waals surface area contributed by atoms with Gasteiger partial charge in [0.1, 0.15) is 11.6 Å². The highest BCUT2D eigenvalue weighted by Crippen LogP contribution is 2.29. The van der Waals surface area contributed by atoms with Gasteiger partial charge in [-0.3, -0.25) is 4.79 Å². The van der Waals surface area contributed by atoms with Crippen LogP contribution in [0.5, 0.6) is 0 Å². The van der Waals surface area contributed by atoms with Crippen molar-refractivity contribution in [3.63, 3.8) is 0 Å². The Labute approximate surface area is 126 Å². The van der Waals surface area contributed by atoms with E-state index in [9.17, 15) is 9.18 Å². The lowest BCUT2D eigenvalue weighted by Gasteiger charge is -2.16. The lowest BCUT2D eigenvalue weighted by molar-refractivity contribution is -0.122. The van der Waals surface area contributed by atoms with Gasteiger partial charge < -0.3 is 4.52 Å². The van der Waals surface area contributed by atoms with Crippen LogP contribution in [0, 0.1) is 5.82 Å². The Bertz CT molecular complexity index is 651. The topological polar surface area (TPSA) is 56.0 Å². The molecule has 110 valence electrons. The molecule has 1 saturated carbocycles. The lowest BCUT2D eigenvalue weighted by atomic mass is 9.88. The molecule has 0 aliphatic heterocycles. The zero-order chi connectivity index (χ0) is 14.8. The summed E-state index contributed by atoms with van der Waals surface area (Å²) in [4.78, 5) is 16.1. The molecule has 1 aromatic carbocycles. The minimum absolute atomic E-state index is 0.139. The molecule has 21 heavy (non-hydrogen) atoms. The molecule has 1 aliphatic rings. The van der Waals surface area contributed by atoms with E-state index >= 15 is 0 Å². The van der Waals surface area contributed by atoms with Crippen LogP contribution in [-0.2, 0) is 11.2 Å². The molecule has 1 fully saturated rings. The number of benzene rings is 1. The van der Waals surface area contributed by atoms with Crippen molar-refractivity contribution in [2.75, 3.05) is 0 Å². The SMILES string of the molecule is O=C1CCCCC1c1nc(Cc2c(F)cccc2Cl)no1. The van der Waals surface area contributed by atoms with Gasteiger partial charge in [-0.2, -0.15) is 4.98 Å². The van der Waals surface area contributed by atoms with Gasteiger partial charge in [0.2, 0.25) is 5.89 Å². The van der Waals surface area contributed by atoms with Crippen LogP contribution in [0.15, 0.2) is 22.7 Å². The first kappa shape index (κ1) is 14.2. The third kappa shape index (κ3) is 2.97. The maximum Gasteiger partial charge on any atom is 0.237 e. The summed E-state index contributed by atoms with van der Waals surface area (Å²) in [5, 5.41) is 4.17. The number of hydrogen-bond acceptors (Lipinski definition) is 4. The Morgan fingerprint density at radius 3 is 3.00 bits per heavy atom. The fourth-order valence-electron chi connectivity index (χ4n) is 2.58. The molecule has 0 amide bonds. The van der Waals surface area contributed by atoms with Gasteiger partial charge in [-0.25, -0.2) is 4.39 Å². The normalized spacial score (nSPS) is 19.0. The molecule has 2 aromatic rings. The predicted molar refractivity (Wildman–Crippen MR) is 74.7 cm³/mol. The van der Waals surface area contributed by atoms with Crippen LogP contribution in [0.25, 0.3) is 0 Å². The van der Waals surface area contributed by atoms with E-state index in [1.165, 1.54) is 6.07 Å². The first-order valence-corrected chi connectivity index (χ1v) is 7.31. The number of halogens is 2. The van der Waals surface area contributed by atoms with Gasteiger partial charge in [0.05, 0.1) is 5.92 Å². The molecular formula is C15H14ClFN2O2. The van der Waals surface area contributed by atoms with Gasteiger partial charge in [0.15, 0.2) is 5.82 Å². The number of nitrogens with zero attached hydrogens (tertiary/aromatic N) is 2. The summed E-state index contributed by atoms with van der Waals surface area (Å²) in [6.45, 7) is 0. The molecule has 1 atom stereocenters. The van der Waals surface area contributed by atoms with Crippen molar-refractivity contribution in [3.8, 4) is 0 Å². The minimum Gasteiger partial charge on any atom is -0.339 e. The Kier molecular flexibility index (Phi) is 4.01. The van der Waals surface area contributed by atoms with Crippen LogP contribution < -0.4 is 0 Å². The van der Waals surface area contributed by atoms with Crippen LogP contribution in [0.3, 0.4) is 0 Å². The van der Waals surface area contributed by atoms with E-state index in [1.54, 1.807) is 12.1 Å². The monoisotopic (exact) mass is 308 g/mol. The second-order valence-electron chi connectivity index (χ2n) is 5.19. The molecule has 4 nitrogen and oxygen atoms in total. The molecule has 1 aromatic heterocycles. The number of ketones is 1. The van der Waals surface area contributed by atoms with Crippen molar-refractivity contribution in [2.45, 2.75) is 38.0 Å². The number of Topliss-reactive ketones (excluding diaryl/α,β-unsaturated/α-hetero) is 1. The number of aromatic nitrogens is 2. The first-order valence-electron chi connectivity index (χ1n) is 6.93. The largest absolute Gasteiger partial charge is 0.339 e. The van der Waals surface area contributed by atoms with E-state index in [2.05, 4.69) is 10.1 Å². The van der Waals surface area contributed by atoms with Crippen LogP contribution in [0.1, 0.15) is 48.9 Å². The zero-order valence-corrected chi connectivity index (χ0v) is 12.1. The van der Waals surface area contributed by atoms with Crippen molar-refractivity contribution >= 4 is 17.4 Å². The fourth-order valence-corrected chi connectivity index (χ4v) is 2.81. The second-order valence-corrected chi connectivity index (χ2v) is 5.60. The maximum absolute atomic E-state index is 13.7. The van der Waals surface area contributed by atoms with Crippen LogP contribution in [0.4, 0.5) is 4.39 Å². The van der Waals surface area contributed by atoms with E-state index in [0.717, 1.165) is 19.3 Å². The van der Waals surface area contributed by atoms with Crippen molar-refractivity contribution < 1.29 is 13.7 Å². The van der Waals surface area contributed by atoms with Crippen LogP contribution >= 0.6 is 11.6 Å². The summed E-state index contributed by atoms with van der Waals surface area (Å²) in [7, 11) is 0. The highest BCUT2D eigenvalue weighted by molar-refractivity contribution is 6.31. The Hall–Kier alpha value is -1.75. The number of hydrogen-bond donors (Lipinski definition) is 0. The number of carbonyl (C=O) groups is 1. The molecule has 3 rings (SSSR count). The molecule has 0 saturated heterocycles. The number of carbonyl (C=O) groups excluding carboxylic acids is 1. The van der Waals surface area contributed by atoms with Crippen LogP contribution in [-0.4, -0.2) is 15.9 Å². The average Bonchev–Trinajstić information content (AvgIpc) is 2.92. The van der Waals surface area contributed by atoms with Gasteiger partial charge in [-0.05, 0) is 25.0 Å². The van der Waals surface area contributed by atoms with Gasteiger partial charge in [-0.1, -0.05) is 29.2 Å². The summed E-state index contributed by atoms with van der Waals surface area (Å²) in [5.41, 5.74) is 0.335. The van der Waals surface area contributed by atoms with Crippen LogP contribution in [0.2, 0.25) is 5.02 Å². The lowest BCUT2D eigenvalue weighted by Crippen LogP contribution is -2.17. The summed E-state index contributed by atoms with van der Waals surface area (Å²) in [6, 6.07) is 4.50. The van der Waals surface area contributed by atoms with Crippen molar-refractivity contribution in [1.29, 1.82) is 0 Å². The summed E-state index contributed by atoms with van der Waals surface area (Å²) < 4.78 is 18.9. The van der Waals surface area contributed by atoms with Gasteiger partial charge in [0.25, 0.3) is 0 Å². The Morgan fingerprint density at radius 1 is 1.38 bits per heavy atom. The molecule has 1 unspecified atom stereocenters. The van der Waals surface area contributed by atoms with E-state index < -0.39 is 5.82 Å². The molecule has 6 heteroatoms. The molecule has 1 aliphatic carbocycles. The quantitative estimate of drug-likeness (QED) is 0.868. The maximum atomic E-state index is 13.7. The smallest absolute Gasteiger partial charge is 0.237 e. The Morgan fingerprint density at radius 2 is 2.24 bits per heavy atom. The second kappa shape index (κ2) is 5.93. The molecule has 0 N–H and O–H groups in total. The van der Waals surface area contributed by atoms with E-state index in [4.69, 9.17) is 16.1 Å². The molecule has 0 spiro atoms.